The molecular formula is C11H16N2O2. The predicted octanol–water partition coefficient (Wildman–Crippen LogP) is 0.902. The van der Waals surface area contributed by atoms with Gasteiger partial charge in [0, 0.05) is 11.6 Å². The third-order valence-corrected chi connectivity index (χ3v) is 2.13. The van der Waals surface area contributed by atoms with E-state index in [-0.39, 0.29) is 6.04 Å². The molecule has 82 valence electrons. The number of benzene rings is 1. The molecule has 0 aliphatic carbocycles. The summed E-state index contributed by atoms with van der Waals surface area (Å²) in [6.07, 6.45) is 0.874. The minimum absolute atomic E-state index is 0.0424. The van der Waals surface area contributed by atoms with Gasteiger partial charge in [-0.1, -0.05) is 6.92 Å². The summed E-state index contributed by atoms with van der Waals surface area (Å²) >= 11 is 0. The Kier molecular flexibility index (Phi) is 4.12. The summed E-state index contributed by atoms with van der Waals surface area (Å²) in [5.74, 6) is 0.260. The van der Waals surface area contributed by atoms with Gasteiger partial charge in [0.2, 0.25) is 5.91 Å². The lowest BCUT2D eigenvalue weighted by atomic mass is 10.2. The van der Waals surface area contributed by atoms with Crippen molar-refractivity contribution in [1.82, 2.24) is 0 Å². The summed E-state index contributed by atoms with van der Waals surface area (Å²) in [6, 6.07) is 6.73. The maximum absolute atomic E-state index is 10.8. The van der Waals surface area contributed by atoms with Crippen LogP contribution in [0.15, 0.2) is 24.3 Å². The highest BCUT2D eigenvalue weighted by molar-refractivity contribution is 5.92. The average molecular weight is 208 g/mol. The van der Waals surface area contributed by atoms with Crippen molar-refractivity contribution < 1.29 is 9.53 Å². The fraction of sp³-hybridized carbons (Fsp3) is 0.364. The van der Waals surface area contributed by atoms with E-state index in [4.69, 9.17) is 16.2 Å². The van der Waals surface area contributed by atoms with Crippen LogP contribution in [0.2, 0.25) is 0 Å². The number of nitrogens with two attached hydrogens (primary N) is 2. The molecular weight excluding hydrogens is 192 g/mol. The Balaban J connectivity index is 2.53. The summed E-state index contributed by atoms with van der Waals surface area (Å²) in [5, 5.41) is 0. The quantitative estimate of drug-likeness (QED) is 0.754. The number of hydrogen-bond donors (Lipinski definition) is 2. The number of rotatable bonds is 5. The second kappa shape index (κ2) is 5.36. The maximum Gasteiger partial charge on any atom is 0.248 e. The molecule has 15 heavy (non-hydrogen) atoms. The van der Waals surface area contributed by atoms with Gasteiger partial charge in [0.1, 0.15) is 12.4 Å². The number of ether oxygens (including phenoxy) is 1. The van der Waals surface area contributed by atoms with E-state index in [1.54, 1.807) is 24.3 Å². The first-order chi connectivity index (χ1) is 7.13. The molecule has 0 fully saturated rings. The first-order valence-electron chi connectivity index (χ1n) is 4.91. The summed E-state index contributed by atoms with van der Waals surface area (Å²) in [4.78, 5) is 10.8. The van der Waals surface area contributed by atoms with Crippen molar-refractivity contribution in [2.45, 2.75) is 19.4 Å². The Labute approximate surface area is 89.2 Å². The molecule has 0 saturated carbocycles. The van der Waals surface area contributed by atoms with Crippen LogP contribution in [0.4, 0.5) is 0 Å². The Morgan fingerprint density at radius 3 is 2.47 bits per heavy atom. The van der Waals surface area contributed by atoms with Gasteiger partial charge >= 0.3 is 0 Å². The monoisotopic (exact) mass is 208 g/mol. The Morgan fingerprint density at radius 2 is 2.00 bits per heavy atom. The molecule has 0 aliphatic heterocycles. The molecule has 4 heteroatoms. The first kappa shape index (κ1) is 11.5. The minimum Gasteiger partial charge on any atom is -0.492 e. The number of hydrogen-bond acceptors (Lipinski definition) is 3. The molecule has 0 radical (unpaired) electrons. The number of carbonyl (C=O) groups excluding carboxylic acids is 1. The molecule has 1 rings (SSSR count). The third-order valence-electron chi connectivity index (χ3n) is 2.13. The van der Waals surface area contributed by atoms with Gasteiger partial charge in [-0.2, -0.15) is 0 Å². The molecule has 0 aliphatic rings. The van der Waals surface area contributed by atoms with Crippen LogP contribution in [0.25, 0.3) is 0 Å². The molecule has 1 unspecified atom stereocenters. The van der Waals surface area contributed by atoms with Crippen LogP contribution in [0.3, 0.4) is 0 Å². The standard InChI is InChI=1S/C11H16N2O2/c1-2-9(12)7-15-10-5-3-8(4-6-10)11(13)14/h3-6,9H,2,7,12H2,1H3,(H2,13,14). The van der Waals surface area contributed by atoms with E-state index in [9.17, 15) is 4.79 Å². The highest BCUT2D eigenvalue weighted by Crippen LogP contribution is 2.12. The second-order valence-corrected chi connectivity index (χ2v) is 3.37. The largest absolute Gasteiger partial charge is 0.492 e. The number of amides is 1. The number of primary amides is 1. The molecule has 0 heterocycles. The lowest BCUT2D eigenvalue weighted by Crippen LogP contribution is -2.26. The lowest BCUT2D eigenvalue weighted by molar-refractivity contribution is 0.100. The van der Waals surface area contributed by atoms with E-state index in [1.807, 2.05) is 6.92 Å². The van der Waals surface area contributed by atoms with Crippen molar-refractivity contribution >= 4 is 5.91 Å². The summed E-state index contributed by atoms with van der Waals surface area (Å²) < 4.78 is 5.42. The van der Waals surface area contributed by atoms with Crippen LogP contribution in [0.1, 0.15) is 23.7 Å². The van der Waals surface area contributed by atoms with Gasteiger partial charge < -0.3 is 16.2 Å². The van der Waals surface area contributed by atoms with Gasteiger partial charge in [-0.15, -0.1) is 0 Å². The Hall–Kier alpha value is -1.55. The molecule has 1 atom stereocenters. The zero-order valence-corrected chi connectivity index (χ0v) is 8.77. The zero-order valence-electron chi connectivity index (χ0n) is 8.77. The normalized spacial score (nSPS) is 12.1. The van der Waals surface area contributed by atoms with E-state index < -0.39 is 5.91 Å². The Morgan fingerprint density at radius 1 is 1.40 bits per heavy atom. The molecule has 4 N–H and O–H groups in total. The van der Waals surface area contributed by atoms with Crippen molar-refractivity contribution in [2.24, 2.45) is 11.5 Å². The number of carbonyl (C=O) groups is 1. The van der Waals surface area contributed by atoms with E-state index in [0.717, 1.165) is 6.42 Å². The van der Waals surface area contributed by atoms with Gasteiger partial charge in [-0.25, -0.2) is 0 Å². The summed E-state index contributed by atoms with van der Waals surface area (Å²) in [5.41, 5.74) is 11.3. The molecule has 0 aromatic heterocycles. The van der Waals surface area contributed by atoms with Crippen LogP contribution >= 0.6 is 0 Å². The van der Waals surface area contributed by atoms with E-state index >= 15 is 0 Å². The van der Waals surface area contributed by atoms with Crippen molar-refractivity contribution in [3.8, 4) is 5.75 Å². The molecule has 0 spiro atoms. The van der Waals surface area contributed by atoms with Crippen LogP contribution < -0.4 is 16.2 Å². The van der Waals surface area contributed by atoms with Crippen LogP contribution in [0.5, 0.6) is 5.75 Å². The van der Waals surface area contributed by atoms with Crippen LogP contribution in [-0.4, -0.2) is 18.6 Å². The molecule has 1 amide bonds. The van der Waals surface area contributed by atoms with E-state index in [2.05, 4.69) is 0 Å². The van der Waals surface area contributed by atoms with E-state index in [0.29, 0.717) is 17.9 Å². The molecule has 0 saturated heterocycles. The van der Waals surface area contributed by atoms with Crippen molar-refractivity contribution in [2.75, 3.05) is 6.61 Å². The van der Waals surface area contributed by atoms with Crippen molar-refractivity contribution in [3.05, 3.63) is 29.8 Å². The first-order valence-corrected chi connectivity index (χ1v) is 4.91. The van der Waals surface area contributed by atoms with Gasteiger partial charge in [-0.05, 0) is 30.7 Å². The summed E-state index contributed by atoms with van der Waals surface area (Å²) in [7, 11) is 0. The average Bonchev–Trinajstić information content (AvgIpc) is 2.26. The minimum atomic E-state index is -0.438. The topological polar surface area (TPSA) is 78.3 Å². The van der Waals surface area contributed by atoms with Crippen molar-refractivity contribution in [1.29, 1.82) is 0 Å². The van der Waals surface area contributed by atoms with Crippen LogP contribution in [-0.2, 0) is 0 Å². The molecule has 0 bridgehead atoms. The van der Waals surface area contributed by atoms with Gasteiger partial charge in [-0.3, -0.25) is 4.79 Å². The zero-order chi connectivity index (χ0) is 11.3. The third kappa shape index (κ3) is 3.59. The molecule has 4 nitrogen and oxygen atoms in total. The fourth-order valence-electron chi connectivity index (χ4n) is 1.04. The highest BCUT2D eigenvalue weighted by atomic mass is 16.5. The van der Waals surface area contributed by atoms with Gasteiger partial charge in [0.25, 0.3) is 0 Å². The summed E-state index contributed by atoms with van der Waals surface area (Å²) in [6.45, 7) is 2.48. The van der Waals surface area contributed by atoms with Crippen LogP contribution in [0, 0.1) is 0 Å². The lowest BCUT2D eigenvalue weighted by Gasteiger charge is -2.10. The van der Waals surface area contributed by atoms with Gasteiger partial charge in [0.15, 0.2) is 0 Å². The fourth-order valence-corrected chi connectivity index (χ4v) is 1.04. The predicted molar refractivity (Wildman–Crippen MR) is 58.7 cm³/mol. The highest BCUT2D eigenvalue weighted by Gasteiger charge is 2.02. The van der Waals surface area contributed by atoms with Crippen molar-refractivity contribution in [3.63, 3.8) is 0 Å². The second-order valence-electron chi connectivity index (χ2n) is 3.37. The van der Waals surface area contributed by atoms with Gasteiger partial charge in [0.05, 0.1) is 0 Å². The Bertz CT molecular complexity index is 322. The smallest absolute Gasteiger partial charge is 0.248 e. The SMILES string of the molecule is CCC(N)COc1ccc(C(N)=O)cc1. The molecule has 1 aromatic carbocycles. The maximum atomic E-state index is 10.8. The van der Waals surface area contributed by atoms with E-state index in [1.165, 1.54) is 0 Å². The molecule has 1 aromatic rings.